The van der Waals surface area contributed by atoms with Gasteiger partial charge >= 0.3 is 0 Å². The third-order valence-electron chi connectivity index (χ3n) is 6.95. The van der Waals surface area contributed by atoms with Crippen LogP contribution in [0.3, 0.4) is 0 Å². The number of likely N-dealkylation sites (tertiary alicyclic amines) is 1. The summed E-state index contributed by atoms with van der Waals surface area (Å²) in [7, 11) is 0. The van der Waals surface area contributed by atoms with Crippen LogP contribution in [0.15, 0.2) is 18.2 Å². The number of morpholine rings is 1. The molecule has 0 radical (unpaired) electrons. The van der Waals surface area contributed by atoms with Gasteiger partial charge in [-0.1, -0.05) is 12.5 Å². The number of amides is 2. The lowest BCUT2D eigenvalue weighted by atomic mass is 9.89. The molecular weight excluding hydrogens is 366 g/mol. The fourth-order valence-corrected chi connectivity index (χ4v) is 4.63. The van der Waals surface area contributed by atoms with E-state index in [2.05, 4.69) is 10.2 Å². The second-order valence-corrected chi connectivity index (χ2v) is 8.84. The summed E-state index contributed by atoms with van der Waals surface area (Å²) in [5.74, 6) is -0.00205. The van der Waals surface area contributed by atoms with Crippen LogP contribution in [0.1, 0.15) is 53.6 Å². The molecule has 4 rings (SSSR count). The van der Waals surface area contributed by atoms with Gasteiger partial charge in [-0.2, -0.15) is 0 Å². The van der Waals surface area contributed by atoms with Crippen LogP contribution >= 0.6 is 0 Å². The first-order valence-corrected chi connectivity index (χ1v) is 11.0. The number of benzene rings is 1. The summed E-state index contributed by atoms with van der Waals surface area (Å²) in [6.45, 7) is 7.34. The minimum atomic E-state index is -0.146. The Bertz CT molecular complexity index is 754. The Morgan fingerprint density at radius 1 is 1.10 bits per heavy atom. The maximum absolute atomic E-state index is 12.5. The van der Waals surface area contributed by atoms with Gasteiger partial charge in [-0.15, -0.1) is 0 Å². The van der Waals surface area contributed by atoms with Crippen LogP contribution in [0.25, 0.3) is 0 Å². The lowest BCUT2D eigenvalue weighted by Crippen LogP contribution is -2.57. The molecule has 3 aliphatic rings. The molecule has 158 valence electrons. The molecule has 1 unspecified atom stereocenters. The average molecular weight is 400 g/mol. The molecule has 3 fully saturated rings. The van der Waals surface area contributed by atoms with E-state index >= 15 is 0 Å². The second kappa shape index (κ2) is 8.84. The van der Waals surface area contributed by atoms with Crippen molar-refractivity contribution < 1.29 is 14.3 Å². The highest BCUT2D eigenvalue weighted by Crippen LogP contribution is 2.29. The molecule has 6 nitrogen and oxygen atoms in total. The van der Waals surface area contributed by atoms with Crippen molar-refractivity contribution >= 4 is 11.8 Å². The van der Waals surface area contributed by atoms with Crippen molar-refractivity contribution in [2.24, 2.45) is 0 Å². The van der Waals surface area contributed by atoms with E-state index in [0.717, 1.165) is 37.5 Å². The van der Waals surface area contributed by atoms with E-state index in [9.17, 15) is 9.59 Å². The fourth-order valence-electron chi connectivity index (χ4n) is 4.63. The number of ether oxygens (including phenoxy) is 1. The Labute approximate surface area is 173 Å². The van der Waals surface area contributed by atoms with Crippen LogP contribution in [0.4, 0.5) is 0 Å². The van der Waals surface area contributed by atoms with E-state index in [4.69, 9.17) is 4.74 Å². The number of nitrogens with one attached hydrogen (secondary N) is 1. The number of piperidine rings is 1. The van der Waals surface area contributed by atoms with Crippen molar-refractivity contribution in [3.05, 3.63) is 34.9 Å². The van der Waals surface area contributed by atoms with Gasteiger partial charge in [0.1, 0.15) is 6.61 Å². The molecule has 1 atom stereocenters. The molecule has 0 spiro atoms. The number of hydrogen-bond acceptors (Lipinski definition) is 4. The number of carbonyl (C=O) groups is 2. The average Bonchev–Trinajstić information content (AvgIpc) is 2.68. The third kappa shape index (κ3) is 4.64. The van der Waals surface area contributed by atoms with Crippen LogP contribution in [0, 0.1) is 13.8 Å². The number of rotatable bonds is 5. The van der Waals surface area contributed by atoms with Crippen LogP contribution in [-0.2, 0) is 9.53 Å². The summed E-state index contributed by atoms with van der Waals surface area (Å²) < 4.78 is 5.71. The summed E-state index contributed by atoms with van der Waals surface area (Å²) in [6, 6.07) is 6.83. The van der Waals surface area contributed by atoms with E-state index in [1.54, 1.807) is 0 Å². The first-order chi connectivity index (χ1) is 14.0. The molecule has 1 aromatic carbocycles. The number of aryl methyl sites for hydroxylation is 2. The summed E-state index contributed by atoms with van der Waals surface area (Å²) in [4.78, 5) is 29.5. The molecule has 0 bridgehead atoms. The van der Waals surface area contributed by atoms with E-state index in [0.29, 0.717) is 24.7 Å². The zero-order valence-corrected chi connectivity index (χ0v) is 17.7. The smallest absolute Gasteiger partial charge is 0.251 e. The predicted octanol–water partition coefficient (Wildman–Crippen LogP) is 2.28. The fraction of sp³-hybridized carbons (Fsp3) is 0.652. The Morgan fingerprint density at radius 3 is 2.52 bits per heavy atom. The third-order valence-corrected chi connectivity index (χ3v) is 6.95. The zero-order valence-electron chi connectivity index (χ0n) is 17.7. The molecule has 2 saturated heterocycles. The lowest BCUT2D eigenvalue weighted by Gasteiger charge is -2.45. The van der Waals surface area contributed by atoms with Gasteiger partial charge in [0.15, 0.2) is 0 Å². The van der Waals surface area contributed by atoms with Crippen LogP contribution in [-0.4, -0.2) is 72.6 Å². The number of nitrogens with zero attached hydrogens (tertiary/aromatic N) is 2. The molecular formula is C23H33N3O3. The van der Waals surface area contributed by atoms with Crippen molar-refractivity contribution in [2.45, 2.75) is 64.1 Å². The number of carbonyl (C=O) groups excluding carboxylic acids is 2. The first kappa shape index (κ1) is 20.4. The van der Waals surface area contributed by atoms with E-state index < -0.39 is 0 Å². The molecule has 2 heterocycles. The van der Waals surface area contributed by atoms with Gasteiger partial charge in [0.05, 0.1) is 6.10 Å². The maximum Gasteiger partial charge on any atom is 0.251 e. The normalized spacial score (nSPS) is 24.4. The molecule has 0 aromatic heterocycles. The van der Waals surface area contributed by atoms with Crippen LogP contribution in [0.2, 0.25) is 0 Å². The molecule has 2 amide bonds. The monoisotopic (exact) mass is 399 g/mol. The van der Waals surface area contributed by atoms with Gasteiger partial charge in [0.2, 0.25) is 5.91 Å². The number of hydrogen-bond donors (Lipinski definition) is 1. The molecule has 1 aliphatic carbocycles. The van der Waals surface area contributed by atoms with Crippen LogP contribution in [0.5, 0.6) is 0 Å². The Hall–Kier alpha value is -1.92. The standard InChI is InChI=1S/C23H33N3O3/c1-16-6-7-18(12-17(16)2)23(28)24-13-21-14-26(22(27)15-29-21)20-8-10-25(11-9-20)19-4-3-5-19/h6-7,12,19-21H,3-5,8-11,13-15H2,1-2H3,(H,24,28). The highest BCUT2D eigenvalue weighted by Gasteiger charge is 2.35. The highest BCUT2D eigenvalue weighted by atomic mass is 16.5. The quantitative estimate of drug-likeness (QED) is 0.825. The summed E-state index contributed by atoms with van der Waals surface area (Å²) >= 11 is 0. The SMILES string of the molecule is Cc1ccc(C(=O)NCC2CN(C3CCN(C4CCC4)CC3)C(=O)CO2)cc1C. The Kier molecular flexibility index (Phi) is 6.20. The van der Waals surface area contributed by atoms with Crippen molar-refractivity contribution in [1.29, 1.82) is 0 Å². The molecule has 1 saturated carbocycles. The van der Waals surface area contributed by atoms with Gasteiger partial charge in [-0.25, -0.2) is 0 Å². The second-order valence-electron chi connectivity index (χ2n) is 8.84. The van der Waals surface area contributed by atoms with Crippen LogP contribution < -0.4 is 5.32 Å². The van der Waals surface area contributed by atoms with Gasteiger partial charge in [-0.05, 0) is 62.8 Å². The summed E-state index contributed by atoms with van der Waals surface area (Å²) in [5.41, 5.74) is 2.95. The van der Waals surface area contributed by atoms with Gasteiger partial charge in [0.25, 0.3) is 5.91 Å². The molecule has 6 heteroatoms. The largest absolute Gasteiger partial charge is 0.365 e. The van der Waals surface area contributed by atoms with Gasteiger partial charge in [-0.3, -0.25) is 9.59 Å². The molecule has 1 aromatic rings. The molecule has 29 heavy (non-hydrogen) atoms. The van der Waals surface area contributed by atoms with Gasteiger partial charge in [0, 0.05) is 43.8 Å². The Balaban J connectivity index is 1.27. The summed E-state index contributed by atoms with van der Waals surface area (Å²) in [5, 5.41) is 2.98. The predicted molar refractivity (Wildman–Crippen MR) is 112 cm³/mol. The minimum Gasteiger partial charge on any atom is -0.365 e. The van der Waals surface area contributed by atoms with E-state index in [1.807, 2.05) is 36.9 Å². The topological polar surface area (TPSA) is 61.9 Å². The molecule has 2 aliphatic heterocycles. The van der Waals surface area contributed by atoms with Crippen molar-refractivity contribution in [1.82, 2.24) is 15.1 Å². The van der Waals surface area contributed by atoms with Crippen molar-refractivity contribution in [2.75, 3.05) is 32.8 Å². The van der Waals surface area contributed by atoms with E-state index in [1.165, 1.54) is 24.8 Å². The zero-order chi connectivity index (χ0) is 20.4. The molecule has 1 N–H and O–H groups in total. The first-order valence-electron chi connectivity index (χ1n) is 11.0. The highest BCUT2D eigenvalue weighted by molar-refractivity contribution is 5.94. The van der Waals surface area contributed by atoms with Crippen molar-refractivity contribution in [3.63, 3.8) is 0 Å². The maximum atomic E-state index is 12.5. The minimum absolute atomic E-state index is 0.0869. The Morgan fingerprint density at radius 2 is 1.86 bits per heavy atom. The van der Waals surface area contributed by atoms with Gasteiger partial charge < -0.3 is 19.9 Å². The lowest BCUT2D eigenvalue weighted by molar-refractivity contribution is -0.153. The van der Waals surface area contributed by atoms with Crippen molar-refractivity contribution in [3.8, 4) is 0 Å². The summed E-state index contributed by atoms with van der Waals surface area (Å²) in [6.07, 6.45) is 5.98. The van der Waals surface area contributed by atoms with E-state index in [-0.39, 0.29) is 24.5 Å².